The largest absolute Gasteiger partial charge is 0.480 e. The number of hydrogen-bond donors (Lipinski definition) is 4. The van der Waals surface area contributed by atoms with Crippen LogP contribution in [0.25, 0.3) is 0 Å². The molecular formula is C10H17N3O4. The molecule has 0 aromatic rings. The Morgan fingerprint density at radius 2 is 1.94 bits per heavy atom. The summed E-state index contributed by atoms with van der Waals surface area (Å²) in [5.41, 5.74) is 0. The van der Waals surface area contributed by atoms with Crippen LogP contribution in [0.3, 0.4) is 0 Å². The molecule has 17 heavy (non-hydrogen) atoms. The summed E-state index contributed by atoms with van der Waals surface area (Å²) in [5, 5.41) is 15.7. The fraction of sp³-hybridized carbons (Fsp3) is 0.500. The molecule has 0 aliphatic carbocycles. The summed E-state index contributed by atoms with van der Waals surface area (Å²) >= 11 is 0. The standard InChI is InChI=1S/C10H17N3O4/c1-3-4-11-7(2)10(17)13-5-8(14)12-6-9(15)16/h3,7,11H,1,4-6H2,2H3,(H,12,14)(H,13,17)(H,15,16). The summed E-state index contributed by atoms with van der Waals surface area (Å²) in [5.74, 6) is -2.01. The van der Waals surface area contributed by atoms with Crippen LogP contribution in [0.15, 0.2) is 12.7 Å². The quantitative estimate of drug-likeness (QED) is 0.387. The molecule has 0 aliphatic rings. The van der Waals surface area contributed by atoms with Crippen molar-refractivity contribution in [3.8, 4) is 0 Å². The van der Waals surface area contributed by atoms with Crippen LogP contribution in [0, 0.1) is 0 Å². The first kappa shape index (κ1) is 15.1. The van der Waals surface area contributed by atoms with E-state index in [9.17, 15) is 14.4 Å². The third-order valence-corrected chi connectivity index (χ3v) is 1.82. The molecule has 4 N–H and O–H groups in total. The van der Waals surface area contributed by atoms with Crippen LogP contribution in [0.4, 0.5) is 0 Å². The average molecular weight is 243 g/mol. The van der Waals surface area contributed by atoms with E-state index < -0.39 is 24.5 Å². The van der Waals surface area contributed by atoms with Crippen molar-refractivity contribution in [3.63, 3.8) is 0 Å². The van der Waals surface area contributed by atoms with Crippen molar-refractivity contribution in [2.75, 3.05) is 19.6 Å². The van der Waals surface area contributed by atoms with E-state index in [1.54, 1.807) is 13.0 Å². The van der Waals surface area contributed by atoms with Gasteiger partial charge in [0.15, 0.2) is 0 Å². The minimum absolute atomic E-state index is 0.244. The molecule has 0 saturated carbocycles. The fourth-order valence-corrected chi connectivity index (χ4v) is 0.910. The molecule has 0 rings (SSSR count). The number of aliphatic carboxylic acids is 1. The highest BCUT2D eigenvalue weighted by Crippen LogP contribution is 1.81. The normalized spacial score (nSPS) is 11.4. The van der Waals surface area contributed by atoms with Gasteiger partial charge in [-0.3, -0.25) is 14.4 Å². The lowest BCUT2D eigenvalue weighted by atomic mass is 10.3. The van der Waals surface area contributed by atoms with Gasteiger partial charge in [0.1, 0.15) is 6.54 Å². The van der Waals surface area contributed by atoms with Crippen molar-refractivity contribution in [2.24, 2.45) is 0 Å². The van der Waals surface area contributed by atoms with Gasteiger partial charge in [0, 0.05) is 6.54 Å². The van der Waals surface area contributed by atoms with E-state index in [4.69, 9.17) is 5.11 Å². The summed E-state index contributed by atoms with van der Waals surface area (Å²) in [6.07, 6.45) is 1.61. The zero-order valence-corrected chi connectivity index (χ0v) is 9.66. The maximum Gasteiger partial charge on any atom is 0.322 e. The number of carbonyl (C=O) groups is 3. The van der Waals surface area contributed by atoms with Crippen molar-refractivity contribution >= 4 is 17.8 Å². The molecule has 0 spiro atoms. The minimum Gasteiger partial charge on any atom is -0.480 e. The summed E-state index contributed by atoms with van der Waals surface area (Å²) in [6, 6.07) is -0.444. The minimum atomic E-state index is -1.13. The molecule has 7 heteroatoms. The monoisotopic (exact) mass is 243 g/mol. The van der Waals surface area contributed by atoms with Crippen LogP contribution in [0.2, 0.25) is 0 Å². The molecule has 0 radical (unpaired) electrons. The van der Waals surface area contributed by atoms with Crippen LogP contribution >= 0.6 is 0 Å². The van der Waals surface area contributed by atoms with E-state index in [0.29, 0.717) is 6.54 Å². The third kappa shape index (κ3) is 7.97. The van der Waals surface area contributed by atoms with Gasteiger partial charge in [-0.2, -0.15) is 0 Å². The molecule has 0 aromatic carbocycles. The van der Waals surface area contributed by atoms with Crippen LogP contribution in [0.1, 0.15) is 6.92 Å². The smallest absolute Gasteiger partial charge is 0.322 e. The Morgan fingerprint density at radius 1 is 1.29 bits per heavy atom. The Hall–Kier alpha value is -1.89. The number of rotatable bonds is 8. The van der Waals surface area contributed by atoms with E-state index in [0.717, 1.165) is 0 Å². The Morgan fingerprint density at radius 3 is 2.47 bits per heavy atom. The van der Waals surface area contributed by atoms with Crippen molar-refractivity contribution in [1.82, 2.24) is 16.0 Å². The SMILES string of the molecule is C=CCNC(C)C(=O)NCC(=O)NCC(=O)O. The molecule has 0 aromatic heterocycles. The number of carboxylic acid groups (broad SMARTS) is 1. The van der Waals surface area contributed by atoms with Crippen LogP contribution < -0.4 is 16.0 Å². The van der Waals surface area contributed by atoms with Gasteiger partial charge in [0.05, 0.1) is 12.6 Å². The molecule has 0 saturated heterocycles. The number of nitrogens with one attached hydrogen (secondary N) is 3. The zero-order chi connectivity index (χ0) is 13.3. The average Bonchev–Trinajstić information content (AvgIpc) is 2.30. The maximum absolute atomic E-state index is 11.4. The highest BCUT2D eigenvalue weighted by Gasteiger charge is 2.12. The molecule has 96 valence electrons. The molecule has 0 heterocycles. The van der Waals surface area contributed by atoms with E-state index >= 15 is 0 Å². The van der Waals surface area contributed by atoms with Gasteiger partial charge >= 0.3 is 5.97 Å². The number of amides is 2. The van der Waals surface area contributed by atoms with Crippen LogP contribution in [-0.4, -0.2) is 48.6 Å². The second-order valence-corrected chi connectivity index (χ2v) is 3.31. The molecule has 7 nitrogen and oxygen atoms in total. The first-order chi connectivity index (χ1) is 7.97. The Labute approximate surface area is 99.3 Å². The van der Waals surface area contributed by atoms with Gasteiger partial charge in [-0.05, 0) is 6.92 Å². The maximum atomic E-state index is 11.4. The number of hydrogen-bond acceptors (Lipinski definition) is 4. The molecule has 1 unspecified atom stereocenters. The first-order valence-corrected chi connectivity index (χ1v) is 5.07. The van der Waals surface area contributed by atoms with E-state index in [1.807, 2.05) is 0 Å². The van der Waals surface area contributed by atoms with Crippen molar-refractivity contribution < 1.29 is 19.5 Å². The lowest BCUT2D eigenvalue weighted by molar-refractivity contribution is -0.137. The Bertz CT molecular complexity index is 304. The number of carboxylic acids is 1. The molecule has 0 fully saturated rings. The van der Waals surface area contributed by atoms with Gasteiger partial charge in [-0.25, -0.2) is 0 Å². The van der Waals surface area contributed by atoms with Gasteiger partial charge in [0.2, 0.25) is 11.8 Å². The second-order valence-electron chi connectivity index (χ2n) is 3.31. The van der Waals surface area contributed by atoms with Crippen LogP contribution in [-0.2, 0) is 14.4 Å². The van der Waals surface area contributed by atoms with Crippen LogP contribution in [0.5, 0.6) is 0 Å². The van der Waals surface area contributed by atoms with Crippen molar-refractivity contribution in [2.45, 2.75) is 13.0 Å². The fourth-order valence-electron chi connectivity index (χ4n) is 0.910. The predicted octanol–water partition coefficient (Wildman–Crippen LogP) is -1.53. The van der Waals surface area contributed by atoms with E-state index in [-0.39, 0.29) is 12.5 Å². The summed E-state index contributed by atoms with van der Waals surface area (Å²) in [7, 11) is 0. The molecule has 0 bridgehead atoms. The highest BCUT2D eigenvalue weighted by molar-refractivity contribution is 5.88. The zero-order valence-electron chi connectivity index (χ0n) is 9.66. The summed E-state index contributed by atoms with van der Waals surface area (Å²) in [4.78, 5) is 32.6. The van der Waals surface area contributed by atoms with Gasteiger partial charge < -0.3 is 21.1 Å². The summed E-state index contributed by atoms with van der Waals surface area (Å²) < 4.78 is 0. The summed E-state index contributed by atoms with van der Waals surface area (Å²) in [6.45, 7) is 4.92. The molecular weight excluding hydrogens is 226 g/mol. The van der Waals surface area contributed by atoms with E-state index in [2.05, 4.69) is 22.5 Å². The van der Waals surface area contributed by atoms with Gasteiger partial charge in [-0.15, -0.1) is 6.58 Å². The lowest BCUT2D eigenvalue weighted by Crippen LogP contribution is -2.46. The Balaban J connectivity index is 3.78. The molecule has 0 aliphatic heterocycles. The van der Waals surface area contributed by atoms with Gasteiger partial charge in [0.25, 0.3) is 0 Å². The van der Waals surface area contributed by atoms with Crippen molar-refractivity contribution in [1.29, 1.82) is 0 Å². The Kier molecular flexibility index (Phi) is 7.36. The highest BCUT2D eigenvalue weighted by atomic mass is 16.4. The number of carbonyl (C=O) groups excluding carboxylic acids is 2. The third-order valence-electron chi connectivity index (χ3n) is 1.82. The molecule has 1 atom stereocenters. The van der Waals surface area contributed by atoms with Gasteiger partial charge in [-0.1, -0.05) is 6.08 Å². The predicted molar refractivity (Wildman–Crippen MR) is 61.3 cm³/mol. The lowest BCUT2D eigenvalue weighted by Gasteiger charge is -2.12. The molecule has 2 amide bonds. The van der Waals surface area contributed by atoms with E-state index in [1.165, 1.54) is 0 Å². The topological polar surface area (TPSA) is 108 Å². The van der Waals surface area contributed by atoms with Crippen molar-refractivity contribution in [3.05, 3.63) is 12.7 Å². The first-order valence-electron chi connectivity index (χ1n) is 5.07. The second kappa shape index (κ2) is 8.28.